The molecule has 1 N–H and O–H groups in total. The zero-order chi connectivity index (χ0) is 18.2. The monoisotopic (exact) mass is 364 g/mol. The van der Waals surface area contributed by atoms with Crippen LogP contribution in [0, 0.1) is 0 Å². The van der Waals surface area contributed by atoms with Crippen molar-refractivity contribution in [1.29, 1.82) is 0 Å². The number of carbonyl (C=O) groups excluding carboxylic acids is 1. The summed E-state index contributed by atoms with van der Waals surface area (Å²) < 4.78 is 5.91. The SMILES string of the molecule is O=C([C@H]1OCCc2ccccc21)N1CCC[C@@H]1c1ncc2c(n1)CCNC2. The number of carbonyl (C=O) groups is 1. The van der Waals surface area contributed by atoms with E-state index in [0.29, 0.717) is 6.61 Å². The maximum atomic E-state index is 13.4. The van der Waals surface area contributed by atoms with Gasteiger partial charge in [0, 0.05) is 43.5 Å². The van der Waals surface area contributed by atoms with Crippen LogP contribution < -0.4 is 5.32 Å². The quantitative estimate of drug-likeness (QED) is 0.884. The highest BCUT2D eigenvalue weighted by atomic mass is 16.5. The highest BCUT2D eigenvalue weighted by Gasteiger charge is 2.38. The Labute approximate surface area is 159 Å². The highest BCUT2D eigenvalue weighted by Crippen LogP contribution is 2.36. The van der Waals surface area contributed by atoms with Gasteiger partial charge in [-0.15, -0.1) is 0 Å². The number of rotatable bonds is 2. The Hall–Kier alpha value is -2.31. The van der Waals surface area contributed by atoms with Gasteiger partial charge >= 0.3 is 0 Å². The minimum absolute atomic E-state index is 0.0459. The van der Waals surface area contributed by atoms with Crippen molar-refractivity contribution in [3.05, 3.63) is 58.7 Å². The summed E-state index contributed by atoms with van der Waals surface area (Å²) in [5, 5.41) is 3.35. The lowest BCUT2D eigenvalue weighted by atomic mass is 9.96. The maximum absolute atomic E-state index is 13.4. The second kappa shape index (κ2) is 7.02. The first kappa shape index (κ1) is 16.8. The Kier molecular flexibility index (Phi) is 4.38. The van der Waals surface area contributed by atoms with Crippen molar-refractivity contribution >= 4 is 5.91 Å². The molecule has 27 heavy (non-hydrogen) atoms. The summed E-state index contributed by atoms with van der Waals surface area (Å²) in [7, 11) is 0. The van der Waals surface area contributed by atoms with Gasteiger partial charge in [0.25, 0.3) is 5.91 Å². The number of ether oxygens (including phenoxy) is 1. The number of likely N-dealkylation sites (tertiary alicyclic amines) is 1. The maximum Gasteiger partial charge on any atom is 0.256 e. The normalized spacial score (nSPS) is 24.4. The molecule has 1 amide bonds. The second-order valence-electron chi connectivity index (χ2n) is 7.52. The molecular weight excluding hydrogens is 340 g/mol. The van der Waals surface area contributed by atoms with Gasteiger partial charge in [-0.2, -0.15) is 0 Å². The van der Waals surface area contributed by atoms with E-state index >= 15 is 0 Å². The topological polar surface area (TPSA) is 67.3 Å². The van der Waals surface area contributed by atoms with E-state index in [-0.39, 0.29) is 11.9 Å². The molecule has 4 heterocycles. The molecule has 1 saturated heterocycles. The number of nitrogens with zero attached hydrogens (tertiary/aromatic N) is 3. The van der Waals surface area contributed by atoms with Crippen molar-refractivity contribution < 1.29 is 9.53 Å². The third-order valence-corrected chi connectivity index (χ3v) is 5.88. The average Bonchev–Trinajstić information content (AvgIpc) is 3.22. The molecule has 0 aliphatic carbocycles. The van der Waals surface area contributed by atoms with Crippen molar-refractivity contribution in [2.75, 3.05) is 19.7 Å². The first-order valence-corrected chi connectivity index (χ1v) is 9.86. The number of amides is 1. The predicted octanol–water partition coefficient (Wildman–Crippen LogP) is 2.10. The number of benzene rings is 1. The van der Waals surface area contributed by atoms with Crippen LogP contribution in [0.2, 0.25) is 0 Å². The van der Waals surface area contributed by atoms with Crippen molar-refractivity contribution in [2.45, 2.75) is 44.4 Å². The Bertz CT molecular complexity index is 869. The Morgan fingerprint density at radius 3 is 3.11 bits per heavy atom. The van der Waals surface area contributed by atoms with Crippen molar-refractivity contribution in [3.8, 4) is 0 Å². The van der Waals surface area contributed by atoms with Gasteiger partial charge in [0.05, 0.1) is 12.6 Å². The molecule has 2 atom stereocenters. The van der Waals surface area contributed by atoms with Gasteiger partial charge in [-0.3, -0.25) is 4.79 Å². The largest absolute Gasteiger partial charge is 0.363 e. The summed E-state index contributed by atoms with van der Waals surface area (Å²) in [5.41, 5.74) is 4.52. The Balaban J connectivity index is 1.43. The summed E-state index contributed by atoms with van der Waals surface area (Å²) in [6.07, 6.45) is 5.11. The van der Waals surface area contributed by atoms with E-state index in [9.17, 15) is 4.79 Å². The average molecular weight is 364 g/mol. The second-order valence-corrected chi connectivity index (χ2v) is 7.52. The fourth-order valence-electron chi connectivity index (χ4n) is 4.46. The summed E-state index contributed by atoms with van der Waals surface area (Å²) >= 11 is 0. The lowest BCUT2D eigenvalue weighted by Crippen LogP contribution is -2.38. The van der Waals surface area contributed by atoms with Crippen LogP contribution >= 0.6 is 0 Å². The van der Waals surface area contributed by atoms with Crippen LogP contribution in [0.3, 0.4) is 0 Å². The molecule has 6 heteroatoms. The zero-order valence-corrected chi connectivity index (χ0v) is 15.4. The summed E-state index contributed by atoms with van der Waals surface area (Å²) in [5.74, 6) is 0.832. The molecule has 0 unspecified atom stereocenters. The van der Waals surface area contributed by atoms with Gasteiger partial charge < -0.3 is 15.0 Å². The lowest BCUT2D eigenvalue weighted by molar-refractivity contribution is -0.146. The van der Waals surface area contributed by atoms with E-state index in [2.05, 4.69) is 16.4 Å². The van der Waals surface area contributed by atoms with E-state index in [1.54, 1.807) is 0 Å². The van der Waals surface area contributed by atoms with Crippen LogP contribution in [0.15, 0.2) is 30.5 Å². The van der Waals surface area contributed by atoms with Gasteiger partial charge in [-0.25, -0.2) is 9.97 Å². The van der Waals surface area contributed by atoms with E-state index in [0.717, 1.165) is 62.4 Å². The molecule has 0 saturated carbocycles. The highest BCUT2D eigenvalue weighted by molar-refractivity contribution is 5.83. The standard InChI is InChI=1S/C21H24N4O2/c26-21(19-16-5-2-1-4-14(16)8-11-27-19)25-10-3-6-18(25)20-23-13-15-12-22-9-7-17(15)24-20/h1-2,4-5,13,18-19,22H,3,6-12H2/t18-,19+/m1/s1. The molecule has 6 nitrogen and oxygen atoms in total. The number of fused-ring (bicyclic) bond motifs is 2. The van der Waals surface area contributed by atoms with Crippen molar-refractivity contribution in [1.82, 2.24) is 20.2 Å². The fraction of sp³-hybridized carbons (Fsp3) is 0.476. The van der Waals surface area contributed by atoms with Gasteiger partial charge in [0.1, 0.15) is 0 Å². The molecule has 5 rings (SSSR count). The van der Waals surface area contributed by atoms with Gasteiger partial charge in [0.2, 0.25) is 0 Å². The molecule has 0 bridgehead atoms. The Morgan fingerprint density at radius 2 is 2.15 bits per heavy atom. The molecule has 3 aliphatic rings. The van der Waals surface area contributed by atoms with Crippen LogP contribution in [0.4, 0.5) is 0 Å². The smallest absolute Gasteiger partial charge is 0.256 e. The first-order chi connectivity index (χ1) is 13.3. The molecule has 3 aliphatic heterocycles. The molecule has 0 spiro atoms. The van der Waals surface area contributed by atoms with E-state index in [1.165, 1.54) is 11.1 Å². The molecule has 1 aromatic heterocycles. The zero-order valence-electron chi connectivity index (χ0n) is 15.4. The molecule has 2 aromatic rings. The number of aromatic nitrogens is 2. The minimum Gasteiger partial charge on any atom is -0.363 e. The number of nitrogens with one attached hydrogen (secondary N) is 1. The predicted molar refractivity (Wildman–Crippen MR) is 100.0 cm³/mol. The van der Waals surface area contributed by atoms with Crippen molar-refractivity contribution in [2.24, 2.45) is 0 Å². The van der Waals surface area contributed by atoms with E-state index < -0.39 is 6.10 Å². The molecule has 140 valence electrons. The van der Waals surface area contributed by atoms with E-state index in [1.807, 2.05) is 29.3 Å². The van der Waals surface area contributed by atoms with Gasteiger partial charge in [-0.1, -0.05) is 24.3 Å². The molecule has 1 fully saturated rings. The molecular formula is C21H24N4O2. The third-order valence-electron chi connectivity index (χ3n) is 5.88. The van der Waals surface area contributed by atoms with Gasteiger partial charge in [-0.05, 0) is 30.4 Å². The first-order valence-electron chi connectivity index (χ1n) is 9.86. The summed E-state index contributed by atoms with van der Waals surface area (Å²) in [4.78, 5) is 24.8. The Morgan fingerprint density at radius 1 is 1.22 bits per heavy atom. The van der Waals surface area contributed by atoms with Crippen LogP contribution in [0.5, 0.6) is 0 Å². The summed E-state index contributed by atoms with van der Waals surface area (Å²) in [6.45, 7) is 3.11. The number of hydrogen-bond donors (Lipinski definition) is 1. The van der Waals surface area contributed by atoms with Crippen LogP contribution in [-0.2, 0) is 28.9 Å². The summed E-state index contributed by atoms with van der Waals surface area (Å²) in [6, 6.07) is 8.08. The van der Waals surface area contributed by atoms with Gasteiger partial charge in [0.15, 0.2) is 11.9 Å². The number of hydrogen-bond acceptors (Lipinski definition) is 5. The fourth-order valence-corrected chi connectivity index (χ4v) is 4.46. The lowest BCUT2D eigenvalue weighted by Gasteiger charge is -2.31. The van der Waals surface area contributed by atoms with Crippen LogP contribution in [0.25, 0.3) is 0 Å². The van der Waals surface area contributed by atoms with Crippen LogP contribution in [0.1, 0.15) is 53.2 Å². The molecule has 1 aromatic carbocycles. The minimum atomic E-state index is -0.502. The van der Waals surface area contributed by atoms with E-state index in [4.69, 9.17) is 9.72 Å². The van der Waals surface area contributed by atoms with Crippen molar-refractivity contribution in [3.63, 3.8) is 0 Å². The third kappa shape index (κ3) is 3.03. The van der Waals surface area contributed by atoms with Crippen LogP contribution in [-0.4, -0.2) is 40.5 Å². The molecule has 0 radical (unpaired) electrons.